The summed E-state index contributed by atoms with van der Waals surface area (Å²) in [5, 5.41) is 8.26. The minimum Gasteiger partial charge on any atom is -0.151 e. The van der Waals surface area contributed by atoms with Gasteiger partial charge in [0.1, 0.15) is 0 Å². The van der Waals surface area contributed by atoms with Crippen LogP contribution in [0.5, 0.6) is 0 Å². The predicted molar refractivity (Wildman–Crippen MR) is 89.0 cm³/mol. The molecule has 0 aliphatic carbocycles. The number of rotatable bonds is 0. The van der Waals surface area contributed by atoms with Crippen molar-refractivity contribution >= 4 is 78.9 Å². The van der Waals surface area contributed by atoms with Gasteiger partial charge in [-0.25, -0.2) is 0 Å². The van der Waals surface area contributed by atoms with Crippen LogP contribution in [0.4, 0.5) is 0 Å². The van der Waals surface area contributed by atoms with Crippen molar-refractivity contribution in [2.45, 2.75) is 14.4 Å². The van der Waals surface area contributed by atoms with E-state index in [9.17, 15) is 0 Å². The summed E-state index contributed by atoms with van der Waals surface area (Å²) in [5.74, 6) is 0. The highest BCUT2D eigenvalue weighted by atomic mass is 79.9. The summed E-state index contributed by atoms with van der Waals surface area (Å²) in [5.41, 5.74) is 1.32. The number of aryl methyl sites for hydroxylation is 1. The highest BCUT2D eigenvalue weighted by Crippen LogP contribution is 2.25. The van der Waals surface area contributed by atoms with Gasteiger partial charge >= 0.3 is 0 Å². The zero-order chi connectivity index (χ0) is 10.6. The highest BCUT2D eigenvalue weighted by molar-refractivity contribution is 9.13. The fourth-order valence-corrected chi connectivity index (χ4v) is 3.65. The lowest BCUT2D eigenvalue weighted by molar-refractivity contribution is 1.52. The van der Waals surface area contributed by atoms with Gasteiger partial charge in [-0.2, -0.15) is 22.7 Å². The maximum atomic E-state index is 3.38. The third kappa shape index (κ3) is 6.59. The van der Waals surface area contributed by atoms with Crippen molar-refractivity contribution in [1.82, 2.24) is 0 Å². The van der Waals surface area contributed by atoms with E-state index in [1.54, 1.807) is 22.7 Å². The number of thiophene rings is 2. The summed E-state index contributed by atoms with van der Waals surface area (Å²) in [4.78, 5) is 0. The molecular formula is C10H11BBr3S2. The van der Waals surface area contributed by atoms with Gasteiger partial charge in [0.15, 0.2) is 0 Å². The molecule has 0 spiro atoms. The van der Waals surface area contributed by atoms with Crippen LogP contribution >= 0.6 is 70.5 Å². The Bertz CT molecular complexity index is 327. The normalized spacial score (nSPS) is 8.25. The molecule has 0 amide bonds. The Morgan fingerprint density at radius 3 is 1.31 bits per heavy atom. The molecule has 0 unspecified atom stereocenters. The second kappa shape index (κ2) is 9.89. The minimum absolute atomic E-state index is 0. The molecule has 0 aliphatic heterocycles. The van der Waals surface area contributed by atoms with Crippen molar-refractivity contribution < 1.29 is 0 Å². The molecule has 0 aliphatic rings. The Kier molecular flexibility index (Phi) is 11.9. The average molecular weight is 446 g/mol. The van der Waals surface area contributed by atoms with Crippen molar-refractivity contribution in [2.75, 3.05) is 0 Å². The summed E-state index contributed by atoms with van der Waals surface area (Å²) < 4.78 is 3.49. The largest absolute Gasteiger partial charge is 0.151 e. The summed E-state index contributed by atoms with van der Waals surface area (Å²) in [6.07, 6.45) is 0. The van der Waals surface area contributed by atoms with E-state index in [0.717, 1.165) is 8.95 Å². The van der Waals surface area contributed by atoms with Gasteiger partial charge in [0.05, 0.1) is 0 Å². The molecule has 2 heterocycles. The van der Waals surface area contributed by atoms with E-state index in [1.807, 2.05) is 10.8 Å². The lowest BCUT2D eigenvalue weighted by Crippen LogP contribution is -1.56. The second-order valence-corrected chi connectivity index (χ2v) is 6.52. The Morgan fingerprint density at radius 2 is 1.19 bits per heavy atom. The first-order valence-corrected chi connectivity index (χ1v) is 7.93. The first-order valence-electron chi connectivity index (χ1n) is 3.66. The molecular weight excluding hydrogens is 435 g/mol. The molecule has 0 N–H and O–H groups in total. The van der Waals surface area contributed by atoms with Gasteiger partial charge < -0.3 is 0 Å². The van der Waals surface area contributed by atoms with Gasteiger partial charge in [-0.15, -0.1) is 0 Å². The highest BCUT2D eigenvalue weighted by Gasteiger charge is 1.91. The summed E-state index contributed by atoms with van der Waals surface area (Å²) in [6.45, 7) is 2.08. The Morgan fingerprint density at radius 1 is 0.812 bits per heavy atom. The van der Waals surface area contributed by atoms with E-state index in [1.165, 1.54) is 10.0 Å². The molecule has 2 rings (SSSR count). The molecule has 0 aromatic carbocycles. The first kappa shape index (κ1) is 19.2. The van der Waals surface area contributed by atoms with Crippen molar-refractivity contribution in [2.24, 2.45) is 0 Å². The van der Waals surface area contributed by atoms with E-state index in [0.29, 0.717) is 0 Å². The van der Waals surface area contributed by atoms with Crippen molar-refractivity contribution in [3.63, 3.8) is 0 Å². The molecule has 0 fully saturated rings. The lowest BCUT2D eigenvalue weighted by Gasteiger charge is -1.77. The van der Waals surface area contributed by atoms with Gasteiger partial charge in [-0.05, 0) is 65.7 Å². The minimum atomic E-state index is 0. The molecule has 0 atom stereocenters. The van der Waals surface area contributed by atoms with Crippen LogP contribution in [0, 0.1) is 6.92 Å². The maximum Gasteiger partial charge on any atom is 0.0424 e. The maximum absolute atomic E-state index is 3.38. The smallest absolute Gasteiger partial charge is 0.0424 e. The zero-order valence-electron chi connectivity index (χ0n) is 7.84. The molecule has 0 nitrogen and oxygen atoms in total. The van der Waals surface area contributed by atoms with E-state index in [2.05, 4.69) is 65.5 Å². The summed E-state index contributed by atoms with van der Waals surface area (Å²) in [7, 11) is 0. The monoisotopic (exact) mass is 443 g/mol. The van der Waals surface area contributed by atoms with Crippen LogP contribution in [-0.2, 0) is 0 Å². The predicted octanol–water partition coefficient (Wildman–Crippen LogP) is 6.35. The Balaban J connectivity index is 0. The quantitative estimate of drug-likeness (QED) is 0.415. The standard InChI is InChI=1S/C5H5BrS.C4H2Br2S.CH4.B/c1-4-2-7-3-5(4)6;5-3-1-7-2-4(3)6;;/h2-3H,1H3;1-2H;1H4;. The molecule has 6 heteroatoms. The number of hydrogen-bond donors (Lipinski definition) is 0. The third-order valence-corrected chi connectivity index (χ3v) is 6.58. The first-order chi connectivity index (χ1) is 6.61. The van der Waals surface area contributed by atoms with E-state index < -0.39 is 0 Å². The molecule has 2 aromatic heterocycles. The molecule has 16 heavy (non-hydrogen) atoms. The van der Waals surface area contributed by atoms with E-state index in [-0.39, 0.29) is 15.8 Å². The fraction of sp³-hybridized carbons (Fsp3) is 0.200. The lowest BCUT2D eigenvalue weighted by atomic mass is 10.4. The van der Waals surface area contributed by atoms with Crippen molar-refractivity contribution in [3.05, 3.63) is 40.5 Å². The van der Waals surface area contributed by atoms with Gasteiger partial charge in [-0.1, -0.05) is 7.43 Å². The Hall–Kier alpha value is 0.905. The van der Waals surface area contributed by atoms with Crippen LogP contribution < -0.4 is 0 Å². The van der Waals surface area contributed by atoms with Crippen molar-refractivity contribution in [1.29, 1.82) is 0 Å². The molecule has 0 saturated heterocycles. The van der Waals surface area contributed by atoms with Crippen LogP contribution in [0.3, 0.4) is 0 Å². The zero-order valence-corrected chi connectivity index (χ0v) is 14.2. The molecule has 2 aromatic rings. The van der Waals surface area contributed by atoms with Gasteiger partial charge in [0, 0.05) is 38.0 Å². The van der Waals surface area contributed by atoms with Gasteiger partial charge in [-0.3, -0.25) is 0 Å². The molecule has 0 saturated carbocycles. The van der Waals surface area contributed by atoms with Crippen LogP contribution in [0.15, 0.2) is 34.9 Å². The summed E-state index contributed by atoms with van der Waals surface area (Å²) in [6, 6.07) is 0. The number of halogens is 3. The van der Waals surface area contributed by atoms with Crippen LogP contribution in [-0.4, -0.2) is 8.41 Å². The molecule has 0 bridgehead atoms. The third-order valence-electron chi connectivity index (χ3n) is 1.36. The molecule has 87 valence electrons. The summed E-state index contributed by atoms with van der Waals surface area (Å²) >= 11 is 13.4. The van der Waals surface area contributed by atoms with Crippen LogP contribution in [0.1, 0.15) is 13.0 Å². The SMILES string of the molecule is Brc1cscc1Br.C.Cc1cscc1Br.[B]. The van der Waals surface area contributed by atoms with E-state index in [4.69, 9.17) is 0 Å². The molecule has 3 radical (unpaired) electrons. The van der Waals surface area contributed by atoms with Gasteiger partial charge in [0.2, 0.25) is 0 Å². The van der Waals surface area contributed by atoms with Crippen LogP contribution in [0.25, 0.3) is 0 Å². The number of hydrogen-bond acceptors (Lipinski definition) is 2. The Labute approximate surface area is 132 Å². The van der Waals surface area contributed by atoms with Crippen molar-refractivity contribution in [3.8, 4) is 0 Å². The second-order valence-electron chi connectivity index (χ2n) is 2.47. The van der Waals surface area contributed by atoms with Crippen LogP contribution in [0.2, 0.25) is 0 Å². The fourth-order valence-electron chi connectivity index (χ4n) is 0.611. The van der Waals surface area contributed by atoms with Gasteiger partial charge in [0.25, 0.3) is 0 Å². The topological polar surface area (TPSA) is 0 Å². The van der Waals surface area contributed by atoms with E-state index >= 15 is 0 Å². The average Bonchev–Trinajstić information content (AvgIpc) is 2.67.